The molecule has 1 N–H and O–H groups in total. The first-order valence-electron chi connectivity index (χ1n) is 8.45. The summed E-state index contributed by atoms with van der Waals surface area (Å²) in [5.41, 5.74) is 2.93. The lowest BCUT2D eigenvalue weighted by molar-refractivity contribution is 0.0946. The molecule has 1 amide bonds. The molecule has 0 radical (unpaired) electrons. The van der Waals surface area contributed by atoms with Gasteiger partial charge in [0.1, 0.15) is 0 Å². The molecule has 0 saturated heterocycles. The predicted octanol–water partition coefficient (Wildman–Crippen LogP) is 5.23. The number of hydrogen-bond donors (Lipinski definition) is 1. The van der Waals surface area contributed by atoms with Gasteiger partial charge in [-0.2, -0.15) is 0 Å². The molecule has 0 bridgehead atoms. The van der Waals surface area contributed by atoms with Crippen molar-refractivity contribution in [1.82, 2.24) is 0 Å². The summed E-state index contributed by atoms with van der Waals surface area (Å²) >= 11 is 3.26. The molecule has 1 aliphatic heterocycles. The van der Waals surface area contributed by atoms with Crippen LogP contribution in [0.2, 0.25) is 0 Å². The molecule has 4 nitrogen and oxygen atoms in total. The maximum absolute atomic E-state index is 13.0. The van der Waals surface area contributed by atoms with Crippen LogP contribution >= 0.6 is 15.9 Å². The van der Waals surface area contributed by atoms with E-state index >= 15 is 0 Å². The van der Waals surface area contributed by atoms with Crippen molar-refractivity contribution in [2.45, 2.75) is 25.4 Å². The molecule has 4 rings (SSSR count). The summed E-state index contributed by atoms with van der Waals surface area (Å²) in [7, 11) is 0. The molecule has 1 aromatic heterocycles. The highest BCUT2D eigenvalue weighted by Gasteiger charge is 2.35. The van der Waals surface area contributed by atoms with Crippen LogP contribution < -0.4 is 10.2 Å². The molecule has 0 aliphatic carbocycles. The fourth-order valence-corrected chi connectivity index (χ4v) is 3.72. The van der Waals surface area contributed by atoms with E-state index < -0.39 is 0 Å². The molecule has 3 aromatic rings. The first kappa shape index (κ1) is 16.7. The van der Waals surface area contributed by atoms with Crippen LogP contribution in [0.4, 0.5) is 11.4 Å². The van der Waals surface area contributed by atoms with E-state index in [-0.39, 0.29) is 18.0 Å². The van der Waals surface area contributed by atoms with Crippen molar-refractivity contribution in [3.8, 4) is 0 Å². The number of halogens is 1. The Morgan fingerprint density at radius 2 is 1.96 bits per heavy atom. The zero-order valence-corrected chi connectivity index (χ0v) is 15.8. The third kappa shape index (κ3) is 3.09. The number of carbonyl (C=O) groups is 1. The molecule has 2 unspecified atom stereocenters. The number of nitrogens with zero attached hydrogens (tertiary/aromatic N) is 1. The topological polar surface area (TPSA) is 45.5 Å². The van der Waals surface area contributed by atoms with Gasteiger partial charge >= 0.3 is 0 Å². The molecule has 2 heterocycles. The Morgan fingerprint density at radius 3 is 2.69 bits per heavy atom. The van der Waals surface area contributed by atoms with E-state index in [1.54, 1.807) is 17.0 Å². The van der Waals surface area contributed by atoms with Gasteiger partial charge in [0, 0.05) is 23.4 Å². The second-order valence-corrected chi connectivity index (χ2v) is 7.13. The van der Waals surface area contributed by atoms with Crippen LogP contribution in [0.3, 0.4) is 0 Å². The van der Waals surface area contributed by atoms with Crippen LogP contribution in [0.25, 0.3) is 0 Å². The second kappa shape index (κ2) is 6.89. The highest BCUT2D eigenvalue weighted by atomic mass is 79.9. The van der Waals surface area contributed by atoms with Gasteiger partial charge in [-0.25, -0.2) is 0 Å². The number of amides is 1. The van der Waals surface area contributed by atoms with Crippen LogP contribution in [0.1, 0.15) is 35.5 Å². The maximum atomic E-state index is 13.0. The molecule has 0 spiro atoms. The fourth-order valence-electron chi connectivity index (χ4n) is 3.42. The van der Waals surface area contributed by atoms with Gasteiger partial charge in [-0.05, 0) is 59.6 Å². The minimum absolute atomic E-state index is 0.0101. The second-order valence-electron chi connectivity index (χ2n) is 6.34. The minimum atomic E-state index is -0.151. The Bertz CT molecular complexity index is 923. The summed E-state index contributed by atoms with van der Waals surface area (Å²) in [6.45, 7) is 2.05. The Kier molecular flexibility index (Phi) is 4.44. The van der Waals surface area contributed by atoms with Gasteiger partial charge in [0.25, 0.3) is 5.91 Å². The average Bonchev–Trinajstić information content (AvgIpc) is 3.09. The van der Waals surface area contributed by atoms with Crippen LogP contribution in [0.5, 0.6) is 0 Å². The first-order valence-corrected chi connectivity index (χ1v) is 9.25. The van der Waals surface area contributed by atoms with E-state index in [2.05, 4.69) is 40.3 Å². The van der Waals surface area contributed by atoms with Crippen molar-refractivity contribution in [2.75, 3.05) is 10.2 Å². The van der Waals surface area contributed by atoms with Crippen molar-refractivity contribution >= 4 is 33.2 Å². The smallest absolute Gasteiger partial charge is 0.294 e. The number of carbonyl (C=O) groups excluding carboxylic acids is 1. The number of benzene rings is 1. The molecule has 5 heteroatoms. The van der Waals surface area contributed by atoms with E-state index in [1.165, 1.54) is 0 Å². The van der Waals surface area contributed by atoms with Crippen molar-refractivity contribution in [1.29, 1.82) is 0 Å². The lowest BCUT2D eigenvalue weighted by Crippen LogP contribution is -2.44. The Morgan fingerprint density at radius 1 is 1.19 bits per heavy atom. The summed E-state index contributed by atoms with van der Waals surface area (Å²) in [6, 6.07) is 23.3. The Labute approximate surface area is 160 Å². The van der Waals surface area contributed by atoms with E-state index in [9.17, 15) is 4.79 Å². The maximum Gasteiger partial charge on any atom is 0.294 e. The fraction of sp³-hybridized carbons (Fsp3) is 0.190. The lowest BCUT2D eigenvalue weighted by atomic mass is 9.91. The summed E-state index contributed by atoms with van der Waals surface area (Å²) in [5, 5.41) is 3.57. The van der Waals surface area contributed by atoms with Gasteiger partial charge in [0.2, 0.25) is 0 Å². The molecule has 26 heavy (non-hydrogen) atoms. The average molecular weight is 409 g/mol. The molecule has 0 fully saturated rings. The summed E-state index contributed by atoms with van der Waals surface area (Å²) in [4.78, 5) is 14.8. The van der Waals surface area contributed by atoms with Gasteiger partial charge in [-0.1, -0.05) is 30.3 Å². The number of fused-ring (bicyclic) bond motifs is 1. The van der Waals surface area contributed by atoms with E-state index in [4.69, 9.17) is 4.42 Å². The molecular weight excluding hydrogens is 392 g/mol. The number of rotatable bonds is 3. The predicted molar refractivity (Wildman–Crippen MR) is 104 cm³/mol. The van der Waals surface area contributed by atoms with Crippen LogP contribution in [-0.2, 0) is 0 Å². The zero-order chi connectivity index (χ0) is 18.1. The quantitative estimate of drug-likeness (QED) is 0.644. The molecular formula is C21H17BrN2O2. The molecule has 130 valence electrons. The highest BCUT2D eigenvalue weighted by Crippen LogP contribution is 2.39. The monoisotopic (exact) mass is 408 g/mol. The molecule has 2 aromatic carbocycles. The largest absolute Gasteiger partial charge is 0.444 e. The van der Waals surface area contributed by atoms with Gasteiger partial charge in [-0.3, -0.25) is 4.79 Å². The number of hydrogen-bond acceptors (Lipinski definition) is 3. The van der Waals surface area contributed by atoms with Crippen molar-refractivity contribution < 1.29 is 9.21 Å². The standard InChI is InChI=1S/C21H17BrN2O2/c1-14-13-17(23-15-7-3-2-4-8-15)16-9-5-6-10-18(16)24(14)21(25)19-11-12-20(22)26-19/h2-4,7-12,14,17,23H,13H2,1H3. The van der Waals surface area contributed by atoms with Gasteiger partial charge in [-0.15, -0.1) is 0 Å². The number of furan rings is 1. The summed E-state index contributed by atoms with van der Waals surface area (Å²) in [5.74, 6) is 0.166. The third-order valence-electron chi connectivity index (χ3n) is 4.59. The highest BCUT2D eigenvalue weighted by molar-refractivity contribution is 9.10. The normalized spacial score (nSPS) is 18.8. The molecule has 2 atom stereocenters. The molecule has 1 aliphatic rings. The van der Waals surface area contributed by atoms with Crippen LogP contribution in [-0.4, -0.2) is 11.9 Å². The van der Waals surface area contributed by atoms with Crippen LogP contribution in [0, 0.1) is 12.1 Å². The lowest BCUT2D eigenvalue weighted by Gasteiger charge is -2.39. The van der Waals surface area contributed by atoms with Crippen molar-refractivity contribution in [2.24, 2.45) is 0 Å². The number of para-hydroxylation sites is 1. The summed E-state index contributed by atoms with van der Waals surface area (Å²) < 4.78 is 6.02. The van der Waals surface area contributed by atoms with Gasteiger partial charge in [0.15, 0.2) is 10.4 Å². The van der Waals surface area contributed by atoms with Crippen molar-refractivity contribution in [3.63, 3.8) is 0 Å². The third-order valence-corrected chi connectivity index (χ3v) is 5.01. The van der Waals surface area contributed by atoms with Crippen LogP contribution in [0.15, 0.2) is 63.7 Å². The van der Waals surface area contributed by atoms with Gasteiger partial charge in [0.05, 0.1) is 11.7 Å². The SMILES string of the molecule is CC1CC(Nc2ccccc2)c2cc#ccc2N1C(=O)c1ccc(Br)o1. The van der Waals surface area contributed by atoms with E-state index in [0.717, 1.165) is 23.4 Å². The Balaban J connectivity index is 1.69. The number of anilines is 2. The Hall–Kier alpha value is -2.71. The van der Waals surface area contributed by atoms with E-state index in [0.29, 0.717) is 10.4 Å². The summed E-state index contributed by atoms with van der Waals surface area (Å²) in [6.07, 6.45) is 0.785. The zero-order valence-electron chi connectivity index (χ0n) is 14.2. The molecule has 0 saturated carbocycles. The van der Waals surface area contributed by atoms with Gasteiger partial charge < -0.3 is 14.6 Å². The number of nitrogens with one attached hydrogen (secondary N) is 1. The van der Waals surface area contributed by atoms with Crippen molar-refractivity contribution in [3.05, 3.63) is 82.7 Å². The first-order chi connectivity index (χ1) is 12.6. The minimum Gasteiger partial charge on any atom is -0.444 e. The van der Waals surface area contributed by atoms with E-state index in [1.807, 2.05) is 42.5 Å².